The summed E-state index contributed by atoms with van der Waals surface area (Å²) in [6.45, 7) is 1.93. The highest BCUT2D eigenvalue weighted by molar-refractivity contribution is 5.95. The van der Waals surface area contributed by atoms with Gasteiger partial charge in [0, 0.05) is 6.20 Å². The van der Waals surface area contributed by atoms with E-state index in [4.69, 9.17) is 11.5 Å². The number of aryl methyl sites for hydroxylation is 1. The van der Waals surface area contributed by atoms with E-state index in [1.807, 2.05) is 13.0 Å². The van der Waals surface area contributed by atoms with Crippen molar-refractivity contribution >= 4 is 11.6 Å². The molecule has 82 valence electrons. The van der Waals surface area contributed by atoms with Gasteiger partial charge in [0.05, 0.1) is 11.9 Å². The largest absolute Gasteiger partial charge is 0.396 e. The number of anilines is 1. The van der Waals surface area contributed by atoms with Crippen molar-refractivity contribution in [3.63, 3.8) is 0 Å². The normalized spacial score (nSPS) is 10.3. The summed E-state index contributed by atoms with van der Waals surface area (Å²) in [7, 11) is 0. The van der Waals surface area contributed by atoms with Crippen LogP contribution < -0.4 is 11.5 Å². The first kappa shape index (κ1) is 10.2. The number of primary amides is 1. The van der Waals surface area contributed by atoms with Gasteiger partial charge in [0.25, 0.3) is 5.91 Å². The lowest BCUT2D eigenvalue weighted by Crippen LogP contribution is -2.14. The summed E-state index contributed by atoms with van der Waals surface area (Å²) in [6, 6.07) is 3.68. The molecule has 0 bridgehead atoms. The van der Waals surface area contributed by atoms with Gasteiger partial charge in [-0.15, -0.1) is 0 Å². The number of nitrogens with zero attached hydrogens (tertiary/aromatic N) is 3. The number of nitrogen functional groups attached to an aromatic ring is 1. The lowest BCUT2D eigenvalue weighted by molar-refractivity contribution is 0.0996. The molecule has 1 amide bonds. The first-order valence-corrected chi connectivity index (χ1v) is 4.66. The van der Waals surface area contributed by atoms with Crippen molar-refractivity contribution in [3.05, 3.63) is 35.8 Å². The molecule has 0 atom stereocenters. The minimum atomic E-state index is -0.650. The SMILES string of the molecule is Cc1ccc(-n2cc(N)c(C(N)=O)n2)nc1. The molecule has 0 saturated heterocycles. The molecule has 0 radical (unpaired) electrons. The molecule has 0 aromatic carbocycles. The molecular weight excluding hydrogens is 206 g/mol. The zero-order chi connectivity index (χ0) is 11.7. The van der Waals surface area contributed by atoms with E-state index in [0.717, 1.165) is 5.56 Å². The first-order chi connectivity index (χ1) is 7.58. The molecule has 2 heterocycles. The summed E-state index contributed by atoms with van der Waals surface area (Å²) < 4.78 is 1.43. The average molecular weight is 217 g/mol. The van der Waals surface area contributed by atoms with E-state index >= 15 is 0 Å². The van der Waals surface area contributed by atoms with E-state index < -0.39 is 5.91 Å². The smallest absolute Gasteiger partial charge is 0.271 e. The Morgan fingerprint density at radius 2 is 2.19 bits per heavy atom. The summed E-state index contributed by atoms with van der Waals surface area (Å²) >= 11 is 0. The first-order valence-electron chi connectivity index (χ1n) is 4.66. The van der Waals surface area contributed by atoms with Gasteiger partial charge in [0.15, 0.2) is 11.5 Å². The number of pyridine rings is 1. The van der Waals surface area contributed by atoms with E-state index in [1.54, 1.807) is 12.3 Å². The zero-order valence-electron chi connectivity index (χ0n) is 8.71. The van der Waals surface area contributed by atoms with Gasteiger partial charge >= 0.3 is 0 Å². The van der Waals surface area contributed by atoms with Gasteiger partial charge in [-0.25, -0.2) is 9.67 Å². The summed E-state index contributed by atoms with van der Waals surface area (Å²) in [4.78, 5) is 15.1. The number of aromatic nitrogens is 3. The number of carbonyl (C=O) groups excluding carboxylic acids is 1. The van der Waals surface area contributed by atoms with E-state index in [2.05, 4.69) is 10.1 Å². The van der Waals surface area contributed by atoms with Crippen molar-refractivity contribution in [2.45, 2.75) is 6.92 Å². The predicted molar refractivity (Wildman–Crippen MR) is 59.0 cm³/mol. The van der Waals surface area contributed by atoms with Crippen LogP contribution in [0.15, 0.2) is 24.5 Å². The molecule has 0 aliphatic carbocycles. The number of hydrogen-bond acceptors (Lipinski definition) is 4. The fourth-order valence-electron chi connectivity index (χ4n) is 1.29. The maximum Gasteiger partial charge on any atom is 0.271 e. The van der Waals surface area contributed by atoms with E-state index in [9.17, 15) is 4.79 Å². The minimum Gasteiger partial charge on any atom is -0.396 e. The summed E-state index contributed by atoms with van der Waals surface area (Å²) in [5.41, 5.74) is 12.1. The minimum absolute atomic E-state index is 0.0578. The van der Waals surface area contributed by atoms with Crippen molar-refractivity contribution in [3.8, 4) is 5.82 Å². The molecule has 0 aliphatic rings. The maximum atomic E-state index is 11.0. The second-order valence-corrected chi connectivity index (χ2v) is 3.44. The van der Waals surface area contributed by atoms with Gasteiger partial charge in [0.1, 0.15) is 0 Å². The number of rotatable bonds is 2. The molecule has 0 fully saturated rings. The highest BCUT2D eigenvalue weighted by Gasteiger charge is 2.12. The molecule has 2 rings (SSSR count). The van der Waals surface area contributed by atoms with Gasteiger partial charge in [-0.3, -0.25) is 4.79 Å². The van der Waals surface area contributed by atoms with E-state index in [0.29, 0.717) is 5.82 Å². The molecule has 6 heteroatoms. The number of amides is 1. The predicted octanol–water partition coefficient (Wildman–Crippen LogP) is 0.257. The molecule has 6 nitrogen and oxygen atoms in total. The Labute approximate surface area is 91.9 Å². The van der Waals surface area contributed by atoms with Crippen LogP contribution in [-0.2, 0) is 0 Å². The highest BCUT2D eigenvalue weighted by Crippen LogP contribution is 2.12. The van der Waals surface area contributed by atoms with Crippen molar-refractivity contribution in [1.29, 1.82) is 0 Å². The van der Waals surface area contributed by atoms with Crippen LogP contribution in [0.2, 0.25) is 0 Å². The van der Waals surface area contributed by atoms with Crippen molar-refractivity contribution in [2.24, 2.45) is 5.73 Å². The fraction of sp³-hybridized carbons (Fsp3) is 0.100. The Kier molecular flexibility index (Phi) is 2.32. The maximum absolute atomic E-state index is 11.0. The highest BCUT2D eigenvalue weighted by atomic mass is 16.1. The Morgan fingerprint density at radius 1 is 1.44 bits per heavy atom. The van der Waals surface area contributed by atoms with Crippen molar-refractivity contribution in [2.75, 3.05) is 5.73 Å². The molecule has 16 heavy (non-hydrogen) atoms. The molecule has 4 N–H and O–H groups in total. The lowest BCUT2D eigenvalue weighted by Gasteiger charge is -1.99. The van der Waals surface area contributed by atoms with Crippen LogP contribution in [0.1, 0.15) is 16.1 Å². The Bertz CT molecular complexity index is 529. The third-order valence-electron chi connectivity index (χ3n) is 2.11. The quantitative estimate of drug-likeness (QED) is 0.753. The van der Waals surface area contributed by atoms with Gasteiger partial charge < -0.3 is 11.5 Å². The number of nitrogens with two attached hydrogens (primary N) is 2. The molecule has 0 aliphatic heterocycles. The Hall–Kier alpha value is -2.37. The molecule has 2 aromatic heterocycles. The second kappa shape index (κ2) is 3.65. The van der Waals surface area contributed by atoms with Crippen LogP contribution in [0.3, 0.4) is 0 Å². The fourth-order valence-corrected chi connectivity index (χ4v) is 1.29. The van der Waals surface area contributed by atoms with E-state index in [1.165, 1.54) is 10.9 Å². The van der Waals surface area contributed by atoms with Crippen LogP contribution in [-0.4, -0.2) is 20.7 Å². The van der Waals surface area contributed by atoms with Crippen molar-refractivity contribution in [1.82, 2.24) is 14.8 Å². The molecule has 2 aromatic rings. The Balaban J connectivity index is 2.45. The van der Waals surface area contributed by atoms with Crippen LogP contribution in [0, 0.1) is 6.92 Å². The standard InChI is InChI=1S/C10H11N5O/c1-6-2-3-8(13-4-6)15-5-7(11)9(14-15)10(12)16/h2-5H,11H2,1H3,(H2,12,16). The zero-order valence-corrected chi connectivity index (χ0v) is 8.71. The third kappa shape index (κ3) is 1.72. The lowest BCUT2D eigenvalue weighted by atomic mass is 10.3. The van der Waals surface area contributed by atoms with Crippen LogP contribution in [0.4, 0.5) is 5.69 Å². The summed E-state index contributed by atoms with van der Waals surface area (Å²) in [6.07, 6.45) is 3.22. The van der Waals surface area contributed by atoms with Crippen LogP contribution >= 0.6 is 0 Å². The monoisotopic (exact) mass is 217 g/mol. The summed E-state index contributed by atoms with van der Waals surface area (Å²) in [5.74, 6) is -0.0619. The second-order valence-electron chi connectivity index (χ2n) is 3.44. The molecular formula is C10H11N5O. The van der Waals surface area contributed by atoms with E-state index in [-0.39, 0.29) is 11.4 Å². The summed E-state index contributed by atoms with van der Waals surface area (Å²) in [5, 5.41) is 3.96. The van der Waals surface area contributed by atoms with Crippen molar-refractivity contribution < 1.29 is 4.79 Å². The topological polar surface area (TPSA) is 99.8 Å². The van der Waals surface area contributed by atoms with Gasteiger partial charge in [-0.2, -0.15) is 5.10 Å². The average Bonchev–Trinajstić information content (AvgIpc) is 2.61. The molecule has 0 saturated carbocycles. The molecule has 0 spiro atoms. The van der Waals surface area contributed by atoms with Gasteiger partial charge in [0.2, 0.25) is 0 Å². The van der Waals surface area contributed by atoms with Crippen LogP contribution in [0.25, 0.3) is 5.82 Å². The van der Waals surface area contributed by atoms with Gasteiger partial charge in [-0.05, 0) is 18.6 Å². The number of hydrogen-bond donors (Lipinski definition) is 2. The molecule has 0 unspecified atom stereocenters. The third-order valence-corrected chi connectivity index (χ3v) is 2.11. The number of carbonyl (C=O) groups is 1. The Morgan fingerprint density at radius 3 is 2.69 bits per heavy atom. The van der Waals surface area contributed by atoms with Crippen LogP contribution in [0.5, 0.6) is 0 Å². The van der Waals surface area contributed by atoms with Gasteiger partial charge in [-0.1, -0.05) is 6.07 Å².